The van der Waals surface area contributed by atoms with E-state index in [0.717, 1.165) is 24.2 Å². The average molecular weight is 262 g/mol. The van der Waals surface area contributed by atoms with Crippen molar-refractivity contribution in [1.82, 2.24) is 10.5 Å². The number of rotatable bonds is 3. The molecule has 0 spiro atoms. The maximum atomic E-state index is 11.9. The summed E-state index contributed by atoms with van der Waals surface area (Å²) in [5.74, 6) is 0.669. The van der Waals surface area contributed by atoms with Gasteiger partial charge in [0, 0.05) is 18.0 Å². The summed E-state index contributed by atoms with van der Waals surface area (Å²) < 4.78 is 10.1. The molecule has 3 rings (SSSR count). The third kappa shape index (κ3) is 2.26. The lowest BCUT2D eigenvalue weighted by molar-refractivity contribution is 0.0932. The van der Waals surface area contributed by atoms with Gasteiger partial charge in [-0.1, -0.05) is 5.16 Å². The molecule has 2 N–H and O–H groups in total. The smallest absolute Gasteiger partial charge is 0.254 e. The molecule has 2 aromatic rings. The summed E-state index contributed by atoms with van der Waals surface area (Å²) in [4.78, 5) is 11.9. The van der Waals surface area contributed by atoms with Gasteiger partial charge in [0.15, 0.2) is 0 Å². The minimum absolute atomic E-state index is 0.0274. The first kappa shape index (κ1) is 12.0. The fraction of sp³-hybridized carbons (Fsp3) is 0.385. The quantitative estimate of drug-likeness (QED) is 0.863. The third-order valence-corrected chi connectivity index (χ3v) is 3.39. The maximum absolute atomic E-state index is 11.9. The maximum Gasteiger partial charge on any atom is 0.254 e. The Morgan fingerprint density at radius 3 is 3.21 bits per heavy atom. The van der Waals surface area contributed by atoms with Crippen LogP contribution in [0.5, 0.6) is 0 Å². The second-order valence-electron chi connectivity index (χ2n) is 4.61. The number of nitrogens with one attached hydrogen (secondary N) is 1. The number of carbonyl (C=O) groups is 1. The van der Waals surface area contributed by atoms with Crippen LogP contribution in [0.15, 0.2) is 27.5 Å². The van der Waals surface area contributed by atoms with Gasteiger partial charge in [-0.15, -0.1) is 0 Å². The Balaban J connectivity index is 1.70. The number of hydrogen-bond acceptors (Lipinski definition) is 5. The van der Waals surface area contributed by atoms with Crippen LogP contribution in [0.25, 0.3) is 0 Å². The van der Waals surface area contributed by atoms with E-state index in [0.29, 0.717) is 17.7 Å². The van der Waals surface area contributed by atoms with Gasteiger partial charge in [0.2, 0.25) is 0 Å². The zero-order valence-electron chi connectivity index (χ0n) is 10.3. The predicted molar refractivity (Wildman–Crippen MR) is 64.4 cm³/mol. The second-order valence-corrected chi connectivity index (χ2v) is 4.61. The Kier molecular flexibility index (Phi) is 3.08. The van der Waals surface area contributed by atoms with Gasteiger partial charge < -0.3 is 19.4 Å². The molecule has 1 aliphatic rings. The number of hydrogen-bond donors (Lipinski definition) is 2. The van der Waals surface area contributed by atoms with Crippen molar-refractivity contribution < 1.29 is 18.8 Å². The first-order valence-corrected chi connectivity index (χ1v) is 6.18. The van der Waals surface area contributed by atoms with Crippen LogP contribution in [0.1, 0.15) is 33.8 Å². The molecular formula is C13H14N2O4. The Labute approximate surface area is 109 Å². The first-order valence-electron chi connectivity index (χ1n) is 6.18. The Bertz CT molecular complexity index is 560. The Hall–Kier alpha value is -2.08. The van der Waals surface area contributed by atoms with E-state index < -0.39 is 0 Å². The van der Waals surface area contributed by atoms with E-state index in [-0.39, 0.29) is 18.6 Å². The fourth-order valence-electron chi connectivity index (χ4n) is 2.37. The molecule has 0 aromatic carbocycles. The van der Waals surface area contributed by atoms with Crippen molar-refractivity contribution in [3.05, 3.63) is 41.2 Å². The minimum atomic E-state index is -0.149. The number of aryl methyl sites for hydroxylation is 1. The molecule has 1 atom stereocenters. The van der Waals surface area contributed by atoms with Crippen LogP contribution in [-0.2, 0) is 19.4 Å². The lowest BCUT2D eigenvalue weighted by Crippen LogP contribution is -2.38. The monoisotopic (exact) mass is 262 g/mol. The summed E-state index contributed by atoms with van der Waals surface area (Å²) in [6.07, 6.45) is 5.05. The van der Waals surface area contributed by atoms with Crippen LogP contribution in [0, 0.1) is 0 Å². The number of aliphatic hydroxyl groups is 1. The molecule has 0 saturated heterocycles. The lowest BCUT2D eigenvalue weighted by atomic mass is 9.92. The Morgan fingerprint density at radius 2 is 2.47 bits per heavy atom. The first-order chi connectivity index (χ1) is 9.28. The van der Waals surface area contributed by atoms with E-state index in [2.05, 4.69) is 10.5 Å². The molecule has 19 heavy (non-hydrogen) atoms. The van der Waals surface area contributed by atoms with E-state index in [9.17, 15) is 9.90 Å². The highest BCUT2D eigenvalue weighted by Crippen LogP contribution is 2.24. The van der Waals surface area contributed by atoms with Crippen molar-refractivity contribution >= 4 is 5.91 Å². The van der Waals surface area contributed by atoms with Crippen molar-refractivity contribution in [2.45, 2.75) is 31.9 Å². The van der Waals surface area contributed by atoms with Crippen LogP contribution in [0.3, 0.4) is 0 Å². The number of furan rings is 1. The molecule has 0 bridgehead atoms. The van der Waals surface area contributed by atoms with Crippen LogP contribution < -0.4 is 5.32 Å². The van der Waals surface area contributed by atoms with Crippen molar-refractivity contribution in [2.75, 3.05) is 0 Å². The molecule has 0 aliphatic heterocycles. The third-order valence-electron chi connectivity index (χ3n) is 3.39. The topological polar surface area (TPSA) is 88.5 Å². The number of aliphatic hydroxyl groups excluding tert-OH is 1. The van der Waals surface area contributed by atoms with Crippen LogP contribution in [-0.4, -0.2) is 22.2 Å². The number of amides is 1. The Morgan fingerprint density at radius 1 is 1.58 bits per heavy atom. The molecule has 0 radical (unpaired) electrons. The van der Waals surface area contributed by atoms with Crippen molar-refractivity contribution in [1.29, 1.82) is 0 Å². The highest BCUT2D eigenvalue weighted by molar-refractivity contribution is 5.93. The van der Waals surface area contributed by atoms with Crippen molar-refractivity contribution in [3.63, 3.8) is 0 Å². The molecule has 0 fully saturated rings. The van der Waals surface area contributed by atoms with Gasteiger partial charge in [-0.05, 0) is 18.9 Å². The van der Waals surface area contributed by atoms with E-state index in [1.165, 1.54) is 12.5 Å². The largest absolute Gasteiger partial charge is 0.472 e. The number of nitrogens with zero attached hydrogens (tertiary/aromatic N) is 1. The highest BCUT2D eigenvalue weighted by Gasteiger charge is 2.26. The zero-order chi connectivity index (χ0) is 13.2. The summed E-state index contributed by atoms with van der Waals surface area (Å²) in [5.41, 5.74) is 2.00. The van der Waals surface area contributed by atoms with Crippen molar-refractivity contribution in [3.8, 4) is 0 Å². The van der Waals surface area contributed by atoms with E-state index in [1.54, 1.807) is 6.07 Å². The number of fused-ring (bicyclic) bond motifs is 1. The number of carbonyl (C=O) groups excluding carboxylic acids is 1. The predicted octanol–water partition coefficient (Wildman–Crippen LogP) is 1.05. The molecule has 2 heterocycles. The lowest BCUT2D eigenvalue weighted by Gasteiger charge is -2.22. The van der Waals surface area contributed by atoms with Gasteiger partial charge in [0.05, 0.1) is 18.4 Å². The summed E-state index contributed by atoms with van der Waals surface area (Å²) in [6, 6.07) is 1.65. The van der Waals surface area contributed by atoms with E-state index in [1.807, 2.05) is 0 Å². The van der Waals surface area contributed by atoms with E-state index >= 15 is 0 Å². The highest BCUT2D eigenvalue weighted by atomic mass is 16.5. The number of aromatic nitrogens is 1. The molecule has 0 saturated carbocycles. The minimum Gasteiger partial charge on any atom is -0.472 e. The van der Waals surface area contributed by atoms with Gasteiger partial charge in [-0.25, -0.2) is 0 Å². The summed E-state index contributed by atoms with van der Waals surface area (Å²) >= 11 is 0. The molecule has 1 aliphatic carbocycles. The molecule has 1 unspecified atom stereocenters. The molecule has 6 heteroatoms. The van der Waals surface area contributed by atoms with Crippen LogP contribution in [0.2, 0.25) is 0 Å². The average Bonchev–Trinajstić information content (AvgIpc) is 3.07. The summed E-state index contributed by atoms with van der Waals surface area (Å²) in [7, 11) is 0. The fourth-order valence-corrected chi connectivity index (χ4v) is 2.37. The van der Waals surface area contributed by atoms with Gasteiger partial charge in [-0.3, -0.25) is 4.79 Å². The SMILES string of the molecule is O=C(NC1CCc2onc(CO)c2C1)c1ccoc1. The zero-order valence-corrected chi connectivity index (χ0v) is 10.3. The van der Waals surface area contributed by atoms with Gasteiger partial charge in [0.1, 0.15) is 17.7 Å². The van der Waals surface area contributed by atoms with Crippen LogP contribution in [0.4, 0.5) is 0 Å². The molecular weight excluding hydrogens is 248 g/mol. The normalized spacial score (nSPS) is 18.1. The van der Waals surface area contributed by atoms with Gasteiger partial charge in [0.25, 0.3) is 5.91 Å². The molecule has 1 amide bonds. The van der Waals surface area contributed by atoms with E-state index in [4.69, 9.17) is 8.94 Å². The second kappa shape index (κ2) is 4.89. The summed E-state index contributed by atoms with van der Waals surface area (Å²) in [6.45, 7) is -0.138. The molecule has 2 aromatic heterocycles. The van der Waals surface area contributed by atoms with Gasteiger partial charge in [-0.2, -0.15) is 0 Å². The standard InChI is InChI=1S/C13H14N2O4/c16-6-11-10-5-9(1-2-12(10)19-15-11)14-13(17)8-3-4-18-7-8/h3-4,7,9,16H,1-2,5-6H2,(H,14,17). The van der Waals surface area contributed by atoms with Crippen LogP contribution >= 0.6 is 0 Å². The molecule has 6 nitrogen and oxygen atoms in total. The summed E-state index contributed by atoms with van der Waals surface area (Å²) in [5, 5.41) is 16.0. The van der Waals surface area contributed by atoms with Gasteiger partial charge >= 0.3 is 0 Å². The molecule has 100 valence electrons. The van der Waals surface area contributed by atoms with Crippen molar-refractivity contribution in [2.24, 2.45) is 0 Å².